The highest BCUT2D eigenvalue weighted by atomic mass is 35.5. The van der Waals surface area contributed by atoms with Crippen LogP contribution in [0.4, 0.5) is 8.78 Å². The number of ether oxygens (including phenoxy) is 1. The van der Waals surface area contributed by atoms with Gasteiger partial charge >= 0.3 is 12.6 Å². The van der Waals surface area contributed by atoms with Crippen LogP contribution in [0.25, 0.3) is 10.9 Å². The second-order valence-electron chi connectivity index (χ2n) is 3.36. The van der Waals surface area contributed by atoms with Gasteiger partial charge < -0.3 is 9.84 Å². The molecule has 18 heavy (non-hydrogen) atoms. The SMILES string of the molecule is O=C(O)c1cnc2c(Cl)c(OC(F)F)ccc2c1. The highest BCUT2D eigenvalue weighted by Gasteiger charge is 2.13. The standard InChI is InChI=1S/C11H6ClF2NO3/c12-8-7(18-11(13)14)2-1-5-3-6(10(16)17)4-15-9(5)8/h1-4,11H,(H,16,17). The van der Waals surface area contributed by atoms with E-state index >= 15 is 0 Å². The molecule has 1 heterocycles. The number of carboxylic acid groups (broad SMARTS) is 1. The second-order valence-corrected chi connectivity index (χ2v) is 3.74. The number of rotatable bonds is 3. The largest absolute Gasteiger partial charge is 0.478 e. The van der Waals surface area contributed by atoms with Crippen LogP contribution in [0.1, 0.15) is 10.4 Å². The first-order chi connectivity index (χ1) is 8.49. The monoisotopic (exact) mass is 273 g/mol. The van der Waals surface area contributed by atoms with Gasteiger partial charge in [-0.15, -0.1) is 0 Å². The van der Waals surface area contributed by atoms with Gasteiger partial charge in [-0.05, 0) is 18.2 Å². The summed E-state index contributed by atoms with van der Waals surface area (Å²) in [6.45, 7) is -2.99. The van der Waals surface area contributed by atoms with E-state index in [-0.39, 0.29) is 21.9 Å². The van der Waals surface area contributed by atoms with E-state index < -0.39 is 12.6 Å². The minimum atomic E-state index is -2.99. The molecule has 0 spiro atoms. The molecule has 0 bridgehead atoms. The lowest BCUT2D eigenvalue weighted by molar-refractivity contribution is -0.0497. The number of nitrogens with zero attached hydrogens (tertiary/aromatic N) is 1. The Hall–Kier alpha value is -1.95. The highest BCUT2D eigenvalue weighted by Crippen LogP contribution is 2.32. The summed E-state index contributed by atoms with van der Waals surface area (Å²) < 4.78 is 28.4. The molecule has 94 valence electrons. The normalized spacial score (nSPS) is 10.9. The Balaban J connectivity index is 2.55. The van der Waals surface area contributed by atoms with Crippen molar-refractivity contribution in [3.8, 4) is 5.75 Å². The fourth-order valence-electron chi connectivity index (χ4n) is 1.45. The van der Waals surface area contributed by atoms with E-state index in [2.05, 4.69) is 9.72 Å². The van der Waals surface area contributed by atoms with Crippen LogP contribution < -0.4 is 4.74 Å². The van der Waals surface area contributed by atoms with Crippen molar-refractivity contribution >= 4 is 28.5 Å². The zero-order valence-electron chi connectivity index (χ0n) is 8.73. The van der Waals surface area contributed by atoms with Gasteiger partial charge in [0.1, 0.15) is 10.8 Å². The summed E-state index contributed by atoms with van der Waals surface area (Å²) in [5.74, 6) is -1.33. The maximum absolute atomic E-state index is 12.1. The molecule has 1 aromatic heterocycles. The number of carboxylic acids is 1. The first-order valence-corrected chi connectivity index (χ1v) is 5.13. The Morgan fingerprint density at radius 3 is 2.78 bits per heavy atom. The summed E-state index contributed by atoms with van der Waals surface area (Å²) in [5, 5.41) is 9.14. The van der Waals surface area contributed by atoms with Gasteiger partial charge in [0.2, 0.25) is 0 Å². The Morgan fingerprint density at radius 2 is 2.17 bits per heavy atom. The van der Waals surface area contributed by atoms with Gasteiger partial charge in [-0.1, -0.05) is 11.6 Å². The van der Waals surface area contributed by atoms with Crippen LogP contribution in [-0.2, 0) is 0 Å². The number of carbonyl (C=O) groups is 1. The van der Waals surface area contributed by atoms with E-state index in [1.165, 1.54) is 18.2 Å². The third-order valence-electron chi connectivity index (χ3n) is 2.22. The molecular formula is C11H6ClF2NO3. The van der Waals surface area contributed by atoms with E-state index in [0.717, 1.165) is 6.20 Å². The smallest absolute Gasteiger partial charge is 0.387 e. The number of halogens is 3. The van der Waals surface area contributed by atoms with Gasteiger partial charge in [0, 0.05) is 11.6 Å². The van der Waals surface area contributed by atoms with E-state index in [1.54, 1.807) is 0 Å². The van der Waals surface area contributed by atoms with Crippen LogP contribution in [0.15, 0.2) is 24.4 Å². The van der Waals surface area contributed by atoms with Gasteiger partial charge in [0.25, 0.3) is 0 Å². The fourth-order valence-corrected chi connectivity index (χ4v) is 1.72. The maximum atomic E-state index is 12.1. The van der Waals surface area contributed by atoms with Crippen molar-refractivity contribution in [2.24, 2.45) is 0 Å². The second kappa shape index (κ2) is 4.73. The number of benzene rings is 1. The summed E-state index contributed by atoms with van der Waals surface area (Å²) in [6, 6.07) is 4.01. The van der Waals surface area contributed by atoms with Crippen LogP contribution in [-0.4, -0.2) is 22.7 Å². The summed E-state index contributed by atoms with van der Waals surface area (Å²) in [5.41, 5.74) is 0.195. The zero-order valence-corrected chi connectivity index (χ0v) is 9.49. The molecule has 0 unspecified atom stereocenters. The molecule has 0 radical (unpaired) electrons. The van der Waals surface area contributed by atoms with Crippen molar-refractivity contribution in [2.75, 3.05) is 0 Å². The quantitative estimate of drug-likeness (QED) is 0.933. The Bertz CT molecular complexity index is 619. The van der Waals surface area contributed by atoms with Gasteiger partial charge in [-0.2, -0.15) is 8.78 Å². The molecule has 0 saturated carbocycles. The van der Waals surface area contributed by atoms with Crippen LogP contribution in [0.2, 0.25) is 5.02 Å². The summed E-state index contributed by atoms with van der Waals surface area (Å²) in [4.78, 5) is 14.6. The first-order valence-electron chi connectivity index (χ1n) is 4.75. The topological polar surface area (TPSA) is 59.4 Å². The molecule has 4 nitrogen and oxygen atoms in total. The highest BCUT2D eigenvalue weighted by molar-refractivity contribution is 6.36. The van der Waals surface area contributed by atoms with E-state index in [0.29, 0.717) is 5.39 Å². The third-order valence-corrected chi connectivity index (χ3v) is 2.58. The average molecular weight is 274 g/mol. The molecular weight excluding hydrogens is 268 g/mol. The number of pyridine rings is 1. The van der Waals surface area contributed by atoms with Gasteiger partial charge in [0.15, 0.2) is 0 Å². The van der Waals surface area contributed by atoms with Gasteiger partial charge in [0.05, 0.1) is 11.1 Å². The minimum absolute atomic E-state index is 0.0129. The van der Waals surface area contributed by atoms with Crippen LogP contribution >= 0.6 is 11.6 Å². The molecule has 0 atom stereocenters. The number of aromatic carboxylic acids is 1. The van der Waals surface area contributed by atoms with Crippen LogP contribution in [0.5, 0.6) is 5.75 Å². The van der Waals surface area contributed by atoms with Crippen molar-refractivity contribution in [3.63, 3.8) is 0 Å². The number of alkyl halides is 2. The lowest BCUT2D eigenvalue weighted by Gasteiger charge is -2.08. The molecule has 2 aromatic rings. The van der Waals surface area contributed by atoms with Crippen molar-refractivity contribution in [2.45, 2.75) is 6.61 Å². The minimum Gasteiger partial charge on any atom is -0.478 e. The molecule has 7 heteroatoms. The molecule has 0 aliphatic heterocycles. The van der Waals surface area contributed by atoms with Crippen molar-refractivity contribution in [3.05, 3.63) is 35.0 Å². The Morgan fingerprint density at radius 1 is 1.44 bits per heavy atom. The van der Waals surface area contributed by atoms with Gasteiger partial charge in [-0.3, -0.25) is 4.98 Å². The summed E-state index contributed by atoms with van der Waals surface area (Å²) in [6.07, 6.45) is 1.10. The average Bonchev–Trinajstić information content (AvgIpc) is 2.32. The van der Waals surface area contributed by atoms with Crippen LogP contribution in [0.3, 0.4) is 0 Å². The molecule has 0 aliphatic rings. The summed E-state index contributed by atoms with van der Waals surface area (Å²) >= 11 is 5.85. The summed E-state index contributed by atoms with van der Waals surface area (Å²) in [7, 11) is 0. The lowest BCUT2D eigenvalue weighted by atomic mass is 10.1. The zero-order chi connectivity index (χ0) is 13.3. The molecule has 0 fully saturated rings. The van der Waals surface area contributed by atoms with E-state index in [4.69, 9.17) is 16.7 Å². The molecule has 1 aromatic carbocycles. The number of hydrogen-bond acceptors (Lipinski definition) is 3. The van der Waals surface area contributed by atoms with Crippen molar-refractivity contribution in [1.29, 1.82) is 0 Å². The number of aromatic nitrogens is 1. The maximum Gasteiger partial charge on any atom is 0.387 e. The molecule has 0 amide bonds. The van der Waals surface area contributed by atoms with E-state index in [9.17, 15) is 13.6 Å². The Kier molecular flexibility index (Phi) is 3.29. The fraction of sp³-hybridized carbons (Fsp3) is 0.0909. The molecule has 2 rings (SSSR count). The molecule has 1 N–H and O–H groups in total. The van der Waals surface area contributed by atoms with E-state index in [1.807, 2.05) is 0 Å². The van der Waals surface area contributed by atoms with Crippen molar-refractivity contribution < 1.29 is 23.4 Å². The number of hydrogen-bond donors (Lipinski definition) is 1. The first kappa shape index (κ1) is 12.5. The predicted octanol–water partition coefficient (Wildman–Crippen LogP) is 3.19. The number of fused-ring (bicyclic) bond motifs is 1. The van der Waals surface area contributed by atoms with Gasteiger partial charge in [-0.25, -0.2) is 4.79 Å². The lowest BCUT2D eigenvalue weighted by Crippen LogP contribution is -2.03. The Labute approximate surface area is 105 Å². The third kappa shape index (κ3) is 2.33. The molecule has 0 saturated heterocycles. The predicted molar refractivity (Wildman–Crippen MR) is 60.3 cm³/mol. The van der Waals surface area contributed by atoms with Crippen molar-refractivity contribution in [1.82, 2.24) is 4.98 Å². The molecule has 0 aliphatic carbocycles. The van der Waals surface area contributed by atoms with Crippen LogP contribution in [0, 0.1) is 0 Å².